The van der Waals surface area contributed by atoms with Gasteiger partial charge in [0.05, 0.1) is 5.69 Å². The highest BCUT2D eigenvalue weighted by atomic mass is 15.1. The summed E-state index contributed by atoms with van der Waals surface area (Å²) < 4.78 is 0. The van der Waals surface area contributed by atoms with Gasteiger partial charge in [-0.3, -0.25) is 4.98 Å². The molecule has 0 aliphatic carbocycles. The molecule has 0 radical (unpaired) electrons. The van der Waals surface area contributed by atoms with Crippen molar-refractivity contribution in [3.05, 3.63) is 89.9 Å². The summed E-state index contributed by atoms with van der Waals surface area (Å²) in [5, 5.41) is 10.7. The first-order valence-electron chi connectivity index (χ1n) is 9.21. The van der Waals surface area contributed by atoms with Gasteiger partial charge in [-0.15, -0.1) is 0 Å². The second-order valence-electron chi connectivity index (χ2n) is 7.25. The van der Waals surface area contributed by atoms with Crippen molar-refractivity contribution in [2.75, 3.05) is 13.6 Å². The van der Waals surface area contributed by atoms with Crippen molar-refractivity contribution in [2.45, 2.75) is 12.5 Å². The molecular weight excluding hydrogens is 332 g/mol. The summed E-state index contributed by atoms with van der Waals surface area (Å²) in [5.74, 6) is 0.360. The lowest BCUT2D eigenvalue weighted by Gasteiger charge is -2.33. The van der Waals surface area contributed by atoms with E-state index in [9.17, 15) is 0 Å². The number of benzene rings is 2. The van der Waals surface area contributed by atoms with Crippen LogP contribution in [-0.2, 0) is 6.54 Å². The first kappa shape index (κ1) is 16.1. The fraction of sp³-hybridized carbons (Fsp3) is 0.174. The molecule has 0 bridgehead atoms. The van der Waals surface area contributed by atoms with Crippen LogP contribution in [0.2, 0.25) is 0 Å². The first-order chi connectivity index (χ1) is 13.3. The lowest BCUT2D eigenvalue weighted by atomic mass is 9.83. The van der Waals surface area contributed by atoms with Gasteiger partial charge in [-0.2, -0.15) is 10.2 Å². The Hall–Kier alpha value is -3.11. The molecule has 4 aromatic rings. The summed E-state index contributed by atoms with van der Waals surface area (Å²) in [4.78, 5) is 6.67. The standard InChI is InChI=1S/C23H20N4/c1-27-14-20-12-18(23-3-2-9-25-26-23)6-7-21(20)22(15-27)17-5-4-16-8-10-24-13-19(16)11-17/h2-13,22H,14-15H2,1H3. The van der Waals surface area contributed by atoms with Crippen LogP contribution >= 0.6 is 0 Å². The second kappa shape index (κ2) is 6.56. The molecule has 0 amide bonds. The third kappa shape index (κ3) is 2.98. The Morgan fingerprint density at radius 3 is 2.81 bits per heavy atom. The summed E-state index contributed by atoms with van der Waals surface area (Å²) in [7, 11) is 2.19. The average Bonchev–Trinajstić information content (AvgIpc) is 2.73. The van der Waals surface area contributed by atoms with Crippen molar-refractivity contribution in [1.82, 2.24) is 20.1 Å². The van der Waals surface area contributed by atoms with Crippen LogP contribution in [0.4, 0.5) is 0 Å². The van der Waals surface area contributed by atoms with E-state index in [-0.39, 0.29) is 0 Å². The fourth-order valence-corrected chi connectivity index (χ4v) is 4.07. The minimum Gasteiger partial charge on any atom is -0.301 e. The number of likely N-dealkylation sites (N-methyl/N-ethyl adjacent to an activating group) is 1. The molecule has 0 saturated heterocycles. The van der Waals surface area contributed by atoms with E-state index < -0.39 is 0 Å². The molecule has 1 atom stereocenters. The number of rotatable bonds is 2. The zero-order valence-electron chi connectivity index (χ0n) is 15.2. The Balaban J connectivity index is 1.59. The number of aromatic nitrogens is 3. The second-order valence-corrected chi connectivity index (χ2v) is 7.25. The van der Waals surface area contributed by atoms with Gasteiger partial charge >= 0.3 is 0 Å². The van der Waals surface area contributed by atoms with E-state index in [4.69, 9.17) is 0 Å². The number of fused-ring (bicyclic) bond motifs is 2. The Labute approximate surface area is 158 Å². The minimum atomic E-state index is 0.360. The third-order valence-electron chi connectivity index (χ3n) is 5.39. The summed E-state index contributed by atoms with van der Waals surface area (Å²) in [6.45, 7) is 1.97. The Morgan fingerprint density at radius 1 is 0.963 bits per heavy atom. The smallest absolute Gasteiger partial charge is 0.0929 e. The third-order valence-corrected chi connectivity index (χ3v) is 5.39. The van der Waals surface area contributed by atoms with E-state index in [2.05, 4.69) is 69.6 Å². The molecule has 2 aromatic carbocycles. The SMILES string of the molecule is CN1Cc2cc(-c3cccnn3)ccc2C(c2ccc3ccncc3c2)C1. The van der Waals surface area contributed by atoms with Gasteiger partial charge < -0.3 is 4.90 Å². The number of nitrogens with zero attached hydrogens (tertiary/aromatic N) is 4. The summed E-state index contributed by atoms with van der Waals surface area (Å²) in [6.07, 6.45) is 5.50. The zero-order chi connectivity index (χ0) is 18.2. The maximum absolute atomic E-state index is 4.28. The maximum atomic E-state index is 4.28. The van der Waals surface area contributed by atoms with Crippen LogP contribution in [0.1, 0.15) is 22.6 Å². The highest BCUT2D eigenvalue weighted by Crippen LogP contribution is 2.36. The molecule has 4 heteroatoms. The van der Waals surface area contributed by atoms with Gasteiger partial charge in [0.2, 0.25) is 0 Å². The summed E-state index contributed by atoms with van der Waals surface area (Å²) >= 11 is 0. The predicted molar refractivity (Wildman–Crippen MR) is 107 cm³/mol. The molecule has 1 unspecified atom stereocenters. The van der Waals surface area contributed by atoms with Gasteiger partial charge in [-0.25, -0.2) is 0 Å². The van der Waals surface area contributed by atoms with E-state index in [0.717, 1.165) is 24.3 Å². The average molecular weight is 352 g/mol. The Bertz CT molecular complexity index is 1110. The molecule has 0 spiro atoms. The van der Waals surface area contributed by atoms with E-state index in [1.54, 1.807) is 6.20 Å². The van der Waals surface area contributed by atoms with Crippen LogP contribution in [0.15, 0.2) is 73.2 Å². The Morgan fingerprint density at radius 2 is 1.93 bits per heavy atom. The van der Waals surface area contributed by atoms with Gasteiger partial charge in [0.15, 0.2) is 0 Å². The van der Waals surface area contributed by atoms with Gasteiger partial charge in [0.25, 0.3) is 0 Å². The highest BCUT2D eigenvalue weighted by Gasteiger charge is 2.25. The summed E-state index contributed by atoms with van der Waals surface area (Å²) in [5.41, 5.74) is 6.16. The van der Waals surface area contributed by atoms with Crippen molar-refractivity contribution in [3.8, 4) is 11.3 Å². The number of hydrogen-bond donors (Lipinski definition) is 0. The topological polar surface area (TPSA) is 41.9 Å². The van der Waals surface area contributed by atoms with E-state index in [1.807, 2.05) is 24.5 Å². The molecule has 27 heavy (non-hydrogen) atoms. The lowest BCUT2D eigenvalue weighted by molar-refractivity contribution is 0.295. The van der Waals surface area contributed by atoms with Crippen LogP contribution in [0.25, 0.3) is 22.0 Å². The molecule has 4 nitrogen and oxygen atoms in total. The molecule has 0 saturated carbocycles. The van der Waals surface area contributed by atoms with Gasteiger partial charge in [0.1, 0.15) is 0 Å². The molecule has 1 aliphatic heterocycles. The largest absolute Gasteiger partial charge is 0.301 e. The molecule has 5 rings (SSSR count). The first-order valence-corrected chi connectivity index (χ1v) is 9.21. The summed E-state index contributed by atoms with van der Waals surface area (Å²) in [6, 6.07) is 19.5. The van der Waals surface area contributed by atoms with Crippen molar-refractivity contribution >= 4 is 10.8 Å². The van der Waals surface area contributed by atoms with Crippen LogP contribution in [0.3, 0.4) is 0 Å². The van der Waals surface area contributed by atoms with E-state index in [0.29, 0.717) is 5.92 Å². The molecule has 0 N–H and O–H groups in total. The monoisotopic (exact) mass is 352 g/mol. The highest BCUT2D eigenvalue weighted by molar-refractivity contribution is 5.82. The fourth-order valence-electron chi connectivity index (χ4n) is 4.07. The number of hydrogen-bond acceptors (Lipinski definition) is 4. The zero-order valence-corrected chi connectivity index (χ0v) is 15.2. The van der Waals surface area contributed by atoms with E-state index >= 15 is 0 Å². The van der Waals surface area contributed by atoms with Crippen LogP contribution in [0, 0.1) is 0 Å². The van der Waals surface area contributed by atoms with Gasteiger partial charge in [-0.1, -0.05) is 24.3 Å². The van der Waals surface area contributed by atoms with Crippen molar-refractivity contribution < 1.29 is 0 Å². The Kier molecular flexibility index (Phi) is 3.91. The molecule has 1 aliphatic rings. The predicted octanol–water partition coefficient (Wildman–Crippen LogP) is 4.27. The normalized spacial score (nSPS) is 17.0. The molecule has 0 fully saturated rings. The van der Waals surface area contributed by atoms with Crippen LogP contribution < -0.4 is 0 Å². The molecule has 2 aromatic heterocycles. The van der Waals surface area contributed by atoms with Crippen LogP contribution in [-0.4, -0.2) is 33.7 Å². The van der Waals surface area contributed by atoms with Crippen molar-refractivity contribution in [1.29, 1.82) is 0 Å². The molecule has 132 valence electrons. The molecular formula is C23H20N4. The maximum Gasteiger partial charge on any atom is 0.0929 e. The lowest BCUT2D eigenvalue weighted by Crippen LogP contribution is -2.31. The molecule has 3 heterocycles. The minimum absolute atomic E-state index is 0.360. The van der Waals surface area contributed by atoms with Gasteiger partial charge in [0, 0.05) is 48.5 Å². The van der Waals surface area contributed by atoms with Crippen LogP contribution in [0.5, 0.6) is 0 Å². The van der Waals surface area contributed by atoms with E-state index in [1.165, 1.54) is 27.5 Å². The van der Waals surface area contributed by atoms with Crippen molar-refractivity contribution in [2.24, 2.45) is 0 Å². The van der Waals surface area contributed by atoms with Crippen molar-refractivity contribution in [3.63, 3.8) is 0 Å². The quantitative estimate of drug-likeness (QED) is 0.540. The van der Waals surface area contributed by atoms with Gasteiger partial charge in [-0.05, 0) is 59.5 Å². The number of pyridine rings is 1.